The molecule has 0 radical (unpaired) electrons. The largest absolute Gasteiger partial charge is 0.398 e. The van der Waals surface area contributed by atoms with E-state index in [1.54, 1.807) is 14.2 Å². The van der Waals surface area contributed by atoms with E-state index in [2.05, 4.69) is 68.9 Å². The maximum atomic E-state index is 11.2. The third-order valence-electron chi connectivity index (χ3n) is 10.1. The first-order valence-corrected chi connectivity index (χ1v) is 17.5. The van der Waals surface area contributed by atoms with Crippen LogP contribution in [0.1, 0.15) is 139 Å². The summed E-state index contributed by atoms with van der Waals surface area (Å²) in [5.41, 5.74) is 0.487. The molecule has 0 aliphatic rings. The summed E-state index contributed by atoms with van der Waals surface area (Å²) in [6.45, 7) is 22.7. The second-order valence-electron chi connectivity index (χ2n) is 14.0. The van der Waals surface area contributed by atoms with Gasteiger partial charge in [-0.2, -0.15) is 0 Å². The predicted molar refractivity (Wildman–Crippen MR) is 159 cm³/mol. The van der Waals surface area contributed by atoms with E-state index < -0.39 is 8.56 Å². The zero-order chi connectivity index (χ0) is 28.3. The summed E-state index contributed by atoms with van der Waals surface area (Å²) < 4.78 is 11.4. The summed E-state index contributed by atoms with van der Waals surface area (Å²) in [5.74, 6) is 0. The van der Waals surface area contributed by atoms with Crippen LogP contribution < -0.4 is 0 Å². The molecule has 0 spiro atoms. The number of aliphatic hydroxyl groups is 2. The summed E-state index contributed by atoms with van der Waals surface area (Å²) in [5, 5.41) is 22.5. The Morgan fingerprint density at radius 3 is 1.31 bits per heavy atom. The molecule has 0 aromatic heterocycles. The Labute approximate surface area is 227 Å². The minimum atomic E-state index is -2.03. The highest BCUT2D eigenvalue weighted by molar-refractivity contribution is 6.65. The van der Waals surface area contributed by atoms with E-state index in [-0.39, 0.29) is 33.9 Å². The van der Waals surface area contributed by atoms with Crippen molar-refractivity contribution in [2.75, 3.05) is 14.2 Å². The molecule has 0 bridgehead atoms. The molecular weight excluding hydrogens is 464 g/mol. The van der Waals surface area contributed by atoms with Gasteiger partial charge in [-0.25, -0.2) is 0 Å². The lowest BCUT2D eigenvalue weighted by Gasteiger charge is -2.40. The van der Waals surface area contributed by atoms with Gasteiger partial charge in [-0.3, -0.25) is 0 Å². The number of aliphatic hydroxyl groups excluding tert-OH is 2. The van der Waals surface area contributed by atoms with Gasteiger partial charge in [0.25, 0.3) is 0 Å². The Morgan fingerprint density at radius 1 is 0.611 bits per heavy atom. The van der Waals surface area contributed by atoms with Crippen LogP contribution in [-0.2, 0) is 8.85 Å². The van der Waals surface area contributed by atoms with Gasteiger partial charge in [0.2, 0.25) is 0 Å². The molecule has 0 aliphatic heterocycles. The Balaban J connectivity index is 5.45. The van der Waals surface area contributed by atoms with Gasteiger partial charge in [-0.05, 0) is 79.2 Å². The Morgan fingerprint density at radius 2 is 0.972 bits per heavy atom. The Kier molecular flexibility index (Phi) is 15.6. The standard InChI is InChI=1S/C31H66O4Si/c1-13-29(7,14-2)22-26(32)24-31(9,25-27(33)23-30(8,15-3)16-4)20-19-28(5,6)18-17-21-36(12,34-10)35-11/h26-27,32-33H,13-25H2,1-12H3. The van der Waals surface area contributed by atoms with Crippen LogP contribution >= 0.6 is 0 Å². The van der Waals surface area contributed by atoms with Crippen molar-refractivity contribution in [3.8, 4) is 0 Å². The summed E-state index contributed by atoms with van der Waals surface area (Å²) in [4.78, 5) is 0. The van der Waals surface area contributed by atoms with Crippen LogP contribution in [0, 0.1) is 21.7 Å². The van der Waals surface area contributed by atoms with Crippen molar-refractivity contribution in [2.24, 2.45) is 21.7 Å². The maximum Gasteiger partial charge on any atom is 0.334 e. The third-order valence-corrected chi connectivity index (χ3v) is 13.1. The van der Waals surface area contributed by atoms with E-state index in [1.807, 2.05) is 0 Å². The van der Waals surface area contributed by atoms with Crippen molar-refractivity contribution in [3.63, 3.8) is 0 Å². The lowest BCUT2D eigenvalue weighted by molar-refractivity contribution is 0.00773. The number of hydrogen-bond acceptors (Lipinski definition) is 4. The van der Waals surface area contributed by atoms with Crippen LogP contribution in [0.3, 0.4) is 0 Å². The average molecular weight is 531 g/mol. The van der Waals surface area contributed by atoms with Gasteiger partial charge in [-0.15, -0.1) is 0 Å². The summed E-state index contributed by atoms with van der Waals surface area (Å²) in [7, 11) is 1.51. The molecule has 5 heteroatoms. The van der Waals surface area contributed by atoms with Crippen molar-refractivity contribution >= 4 is 8.56 Å². The lowest BCUT2D eigenvalue weighted by Crippen LogP contribution is -2.36. The van der Waals surface area contributed by atoms with E-state index in [0.717, 1.165) is 83.1 Å². The molecule has 0 amide bonds. The van der Waals surface area contributed by atoms with E-state index in [9.17, 15) is 10.2 Å². The predicted octanol–water partition coefficient (Wildman–Crippen LogP) is 8.88. The van der Waals surface area contributed by atoms with Crippen LogP contribution in [0.15, 0.2) is 0 Å². The molecule has 36 heavy (non-hydrogen) atoms. The Bertz CT molecular complexity index is 551. The van der Waals surface area contributed by atoms with Gasteiger partial charge in [0.05, 0.1) is 12.2 Å². The summed E-state index contributed by atoms with van der Waals surface area (Å²) in [6, 6.07) is 1.01. The van der Waals surface area contributed by atoms with Gasteiger partial charge < -0.3 is 19.1 Å². The SMILES string of the molecule is CCC(C)(CC)CC(O)CC(C)(CCC(C)(C)CCC[Si](C)(OC)OC)CC(O)CC(C)(CC)CC. The fourth-order valence-electron chi connectivity index (χ4n) is 5.73. The first-order chi connectivity index (χ1) is 16.5. The monoisotopic (exact) mass is 530 g/mol. The first kappa shape index (κ1) is 36.1. The fourth-order valence-corrected chi connectivity index (χ4v) is 7.12. The van der Waals surface area contributed by atoms with Crippen molar-refractivity contribution in [3.05, 3.63) is 0 Å². The van der Waals surface area contributed by atoms with Gasteiger partial charge >= 0.3 is 8.56 Å². The quantitative estimate of drug-likeness (QED) is 0.145. The molecule has 2 unspecified atom stereocenters. The van der Waals surface area contributed by atoms with Gasteiger partial charge in [0.1, 0.15) is 0 Å². The number of hydrogen-bond donors (Lipinski definition) is 2. The molecule has 4 nitrogen and oxygen atoms in total. The van der Waals surface area contributed by atoms with Crippen LogP contribution in [0.4, 0.5) is 0 Å². The van der Waals surface area contributed by atoms with Crippen molar-refractivity contribution in [1.29, 1.82) is 0 Å². The number of rotatable bonds is 21. The van der Waals surface area contributed by atoms with Crippen LogP contribution in [0.5, 0.6) is 0 Å². The Hall–Kier alpha value is 0.0569. The van der Waals surface area contributed by atoms with Crippen LogP contribution in [0.25, 0.3) is 0 Å². The lowest BCUT2D eigenvalue weighted by atomic mass is 9.68. The maximum absolute atomic E-state index is 11.2. The molecule has 2 N–H and O–H groups in total. The van der Waals surface area contributed by atoms with Crippen LogP contribution in [0.2, 0.25) is 12.6 Å². The van der Waals surface area contributed by atoms with Crippen molar-refractivity contribution in [1.82, 2.24) is 0 Å². The summed E-state index contributed by atoms with van der Waals surface area (Å²) >= 11 is 0. The highest BCUT2D eigenvalue weighted by Gasteiger charge is 2.36. The topological polar surface area (TPSA) is 58.9 Å². The van der Waals surface area contributed by atoms with E-state index in [1.165, 1.54) is 0 Å². The van der Waals surface area contributed by atoms with Crippen molar-refractivity contribution < 1.29 is 19.1 Å². The molecular formula is C31H66O4Si. The molecule has 0 fully saturated rings. The molecule has 0 aromatic carbocycles. The highest BCUT2D eigenvalue weighted by Crippen LogP contribution is 2.44. The van der Waals surface area contributed by atoms with Gasteiger partial charge in [0.15, 0.2) is 0 Å². The minimum Gasteiger partial charge on any atom is -0.398 e. The second kappa shape index (κ2) is 15.6. The first-order valence-electron chi connectivity index (χ1n) is 14.9. The summed E-state index contributed by atoms with van der Waals surface area (Å²) in [6.07, 6.45) is 11.3. The van der Waals surface area contributed by atoms with E-state index >= 15 is 0 Å². The van der Waals surface area contributed by atoms with Crippen LogP contribution in [-0.4, -0.2) is 45.2 Å². The van der Waals surface area contributed by atoms with E-state index in [4.69, 9.17) is 8.85 Å². The molecule has 0 saturated heterocycles. The molecule has 218 valence electrons. The second-order valence-corrected chi connectivity index (χ2v) is 17.6. The fraction of sp³-hybridized carbons (Fsp3) is 1.00. The van der Waals surface area contributed by atoms with Crippen molar-refractivity contribution in [2.45, 2.75) is 164 Å². The minimum absolute atomic E-state index is 0.0801. The molecule has 0 saturated carbocycles. The molecule has 0 aromatic rings. The van der Waals surface area contributed by atoms with Gasteiger partial charge in [-0.1, -0.05) is 94.4 Å². The smallest absolute Gasteiger partial charge is 0.334 e. The molecule has 0 heterocycles. The van der Waals surface area contributed by atoms with E-state index in [0.29, 0.717) is 0 Å². The normalized spacial score (nSPS) is 17.2. The third kappa shape index (κ3) is 13.2. The molecule has 2 atom stereocenters. The highest BCUT2D eigenvalue weighted by atomic mass is 28.4. The van der Waals surface area contributed by atoms with Gasteiger partial charge in [0, 0.05) is 14.2 Å². The molecule has 0 aliphatic carbocycles. The zero-order valence-corrected chi connectivity index (χ0v) is 27.6. The molecule has 0 rings (SSSR count). The zero-order valence-electron chi connectivity index (χ0n) is 26.6. The average Bonchev–Trinajstić information content (AvgIpc) is 2.82.